The van der Waals surface area contributed by atoms with E-state index in [4.69, 9.17) is 16.6 Å². The summed E-state index contributed by atoms with van der Waals surface area (Å²) in [6, 6.07) is 18.2. The summed E-state index contributed by atoms with van der Waals surface area (Å²) in [7, 11) is 0. The number of nitrogens with zero attached hydrogens (tertiary/aromatic N) is 1. The van der Waals surface area contributed by atoms with Crippen molar-refractivity contribution >= 4 is 34.8 Å². The summed E-state index contributed by atoms with van der Waals surface area (Å²) in [4.78, 5) is 6.84. The molecule has 0 N–H and O–H groups in total. The first kappa shape index (κ1) is 11.6. The summed E-state index contributed by atoms with van der Waals surface area (Å²) in [6.07, 6.45) is 0. The van der Waals surface area contributed by atoms with Crippen LogP contribution < -0.4 is 0 Å². The Balaban J connectivity index is 2.16. The molecule has 3 heteroatoms. The molecule has 0 bridgehead atoms. The zero-order valence-electron chi connectivity index (χ0n) is 9.51. The second-order valence-corrected chi connectivity index (χ2v) is 5.17. The van der Waals surface area contributed by atoms with Crippen LogP contribution in [-0.4, -0.2) is 5.71 Å². The maximum absolute atomic E-state index is 5.93. The van der Waals surface area contributed by atoms with Crippen molar-refractivity contribution < 1.29 is 0 Å². The summed E-state index contributed by atoms with van der Waals surface area (Å²) >= 11 is 7.59. The summed E-state index contributed by atoms with van der Waals surface area (Å²) in [6.45, 7) is 0. The number of hydrogen-bond acceptors (Lipinski definition) is 2. The molecule has 0 fully saturated rings. The molecule has 1 aliphatic rings. The van der Waals surface area contributed by atoms with Gasteiger partial charge in [0.15, 0.2) is 0 Å². The number of fused-ring (bicyclic) bond motifs is 1. The number of rotatable bonds is 1. The van der Waals surface area contributed by atoms with Gasteiger partial charge in [0.2, 0.25) is 0 Å². The van der Waals surface area contributed by atoms with E-state index in [0.29, 0.717) is 0 Å². The van der Waals surface area contributed by atoms with Crippen LogP contribution in [0.5, 0.6) is 0 Å². The first-order chi connectivity index (χ1) is 8.88. The van der Waals surface area contributed by atoms with Crippen LogP contribution in [0.4, 0.5) is 5.69 Å². The first-order valence-corrected chi connectivity index (χ1v) is 6.85. The van der Waals surface area contributed by atoms with Gasteiger partial charge >= 0.3 is 0 Å². The molecule has 0 aliphatic carbocycles. The molecule has 2 aromatic carbocycles. The van der Waals surface area contributed by atoms with Crippen LogP contribution in [0.2, 0.25) is 0 Å². The van der Waals surface area contributed by atoms with Gasteiger partial charge in [-0.2, -0.15) is 0 Å². The largest absolute Gasteiger partial charge is 0.246 e. The second kappa shape index (κ2) is 5.01. The maximum atomic E-state index is 5.93. The van der Waals surface area contributed by atoms with Gasteiger partial charge in [-0.3, -0.25) is 0 Å². The second-order valence-electron chi connectivity index (χ2n) is 3.87. The lowest BCUT2D eigenvalue weighted by molar-refractivity contribution is 1.36. The van der Waals surface area contributed by atoms with Crippen LogP contribution in [-0.2, 0) is 0 Å². The van der Waals surface area contributed by atoms with E-state index >= 15 is 0 Å². The molecule has 1 nitrogen and oxygen atoms in total. The number of aliphatic imine (C=N–C) groups is 1. The molecule has 0 unspecified atom stereocenters. The van der Waals surface area contributed by atoms with Crippen LogP contribution in [0.25, 0.3) is 0 Å². The Bertz CT molecular complexity index is 632. The molecule has 0 aromatic heterocycles. The van der Waals surface area contributed by atoms with Crippen molar-refractivity contribution in [2.45, 2.75) is 4.90 Å². The fourth-order valence-electron chi connectivity index (χ4n) is 1.85. The topological polar surface area (TPSA) is 12.4 Å². The number of halogens is 1. The van der Waals surface area contributed by atoms with E-state index in [9.17, 15) is 0 Å². The first-order valence-electron chi connectivity index (χ1n) is 5.60. The van der Waals surface area contributed by atoms with Crippen molar-refractivity contribution in [2.75, 3.05) is 0 Å². The molecule has 88 valence electrons. The number of para-hydroxylation sites is 1. The van der Waals surface area contributed by atoms with Gasteiger partial charge in [-0.1, -0.05) is 65.8 Å². The van der Waals surface area contributed by atoms with Gasteiger partial charge in [-0.15, -0.1) is 0 Å². The van der Waals surface area contributed by atoms with Crippen molar-refractivity contribution in [3.63, 3.8) is 0 Å². The van der Waals surface area contributed by atoms with E-state index in [1.54, 1.807) is 17.3 Å². The Labute approximate surface area is 115 Å². The van der Waals surface area contributed by atoms with Crippen LogP contribution in [0, 0.1) is 0 Å². The van der Waals surface area contributed by atoms with Crippen LogP contribution in [0.3, 0.4) is 0 Å². The Morgan fingerprint density at radius 1 is 0.944 bits per heavy atom. The predicted octanol–water partition coefficient (Wildman–Crippen LogP) is 4.99. The monoisotopic (exact) mass is 271 g/mol. The smallest absolute Gasteiger partial charge is 0.0857 e. The summed E-state index contributed by atoms with van der Waals surface area (Å²) < 4.78 is 0. The van der Waals surface area contributed by atoms with Gasteiger partial charge in [0, 0.05) is 20.9 Å². The van der Waals surface area contributed by atoms with E-state index in [0.717, 1.165) is 26.8 Å². The van der Waals surface area contributed by atoms with Crippen LogP contribution >= 0.6 is 23.4 Å². The number of benzene rings is 2. The van der Waals surface area contributed by atoms with Gasteiger partial charge in [0.1, 0.15) is 0 Å². The van der Waals surface area contributed by atoms with Gasteiger partial charge in [-0.05, 0) is 12.1 Å². The molecule has 0 amide bonds. The molecule has 0 radical (unpaired) electrons. The molecule has 18 heavy (non-hydrogen) atoms. The van der Waals surface area contributed by atoms with Crippen LogP contribution in [0.1, 0.15) is 5.56 Å². The minimum atomic E-state index is 0.939. The molecule has 0 spiro atoms. The summed E-state index contributed by atoms with van der Waals surface area (Å²) in [5, 5.41) is 0. The molecule has 0 saturated carbocycles. The normalized spacial score (nSPS) is 16.3. The van der Waals surface area contributed by atoms with E-state index in [1.165, 1.54) is 0 Å². The Hall–Kier alpha value is -1.51. The van der Waals surface area contributed by atoms with Gasteiger partial charge in [0.25, 0.3) is 0 Å². The van der Waals surface area contributed by atoms with Crippen molar-refractivity contribution in [1.82, 2.24) is 0 Å². The summed E-state index contributed by atoms with van der Waals surface area (Å²) in [5.74, 6) is 0. The Kier molecular flexibility index (Phi) is 3.22. The number of thioether (sulfide) groups is 1. The van der Waals surface area contributed by atoms with Crippen molar-refractivity contribution in [2.24, 2.45) is 4.99 Å². The molecular weight excluding hydrogens is 262 g/mol. The molecular formula is C15H10ClNS. The van der Waals surface area contributed by atoms with Gasteiger partial charge in [-0.25, -0.2) is 4.99 Å². The molecule has 0 saturated heterocycles. The van der Waals surface area contributed by atoms with Gasteiger partial charge < -0.3 is 0 Å². The van der Waals surface area contributed by atoms with E-state index in [2.05, 4.69) is 6.07 Å². The minimum Gasteiger partial charge on any atom is -0.246 e. The van der Waals surface area contributed by atoms with E-state index in [-0.39, 0.29) is 0 Å². The highest BCUT2D eigenvalue weighted by atomic mass is 35.5. The average molecular weight is 272 g/mol. The van der Waals surface area contributed by atoms with E-state index < -0.39 is 0 Å². The van der Waals surface area contributed by atoms with Crippen LogP contribution in [0.15, 0.2) is 74.9 Å². The lowest BCUT2D eigenvalue weighted by Crippen LogP contribution is -2.05. The number of hydrogen-bond donors (Lipinski definition) is 0. The quantitative estimate of drug-likeness (QED) is 0.711. The SMILES string of the molecule is ClC=C1Sc2ccccc2N=C1c1ccccc1. The zero-order chi connectivity index (χ0) is 12.4. The Morgan fingerprint density at radius 2 is 1.67 bits per heavy atom. The third-order valence-corrected chi connectivity index (χ3v) is 4.14. The highest BCUT2D eigenvalue weighted by Crippen LogP contribution is 2.41. The molecule has 1 aliphatic heterocycles. The fraction of sp³-hybridized carbons (Fsp3) is 0. The van der Waals surface area contributed by atoms with Gasteiger partial charge in [0.05, 0.1) is 11.4 Å². The summed E-state index contributed by atoms with van der Waals surface area (Å²) in [5.41, 5.74) is 4.64. The highest BCUT2D eigenvalue weighted by molar-refractivity contribution is 8.04. The average Bonchev–Trinajstić information content (AvgIpc) is 2.46. The highest BCUT2D eigenvalue weighted by Gasteiger charge is 2.18. The Morgan fingerprint density at radius 3 is 2.44 bits per heavy atom. The zero-order valence-corrected chi connectivity index (χ0v) is 11.1. The lowest BCUT2D eigenvalue weighted by Gasteiger charge is -2.17. The molecule has 2 aromatic rings. The maximum Gasteiger partial charge on any atom is 0.0857 e. The predicted molar refractivity (Wildman–Crippen MR) is 78.9 cm³/mol. The van der Waals surface area contributed by atoms with E-state index in [1.807, 2.05) is 48.5 Å². The molecule has 3 rings (SSSR count). The fourth-order valence-corrected chi connectivity index (χ4v) is 3.00. The standard InChI is InChI=1S/C15H10ClNS/c16-10-14-15(11-6-2-1-3-7-11)17-12-8-4-5-9-13(12)18-14/h1-10H. The number of allylic oxidation sites excluding steroid dienone is 1. The van der Waals surface area contributed by atoms with Crippen molar-refractivity contribution in [3.8, 4) is 0 Å². The lowest BCUT2D eigenvalue weighted by atomic mass is 10.1. The third kappa shape index (κ3) is 2.09. The van der Waals surface area contributed by atoms with Crippen molar-refractivity contribution in [3.05, 3.63) is 70.6 Å². The third-order valence-electron chi connectivity index (χ3n) is 2.70. The molecule has 0 atom stereocenters. The minimum absolute atomic E-state index is 0.939. The molecule has 1 heterocycles. The van der Waals surface area contributed by atoms with Crippen molar-refractivity contribution in [1.29, 1.82) is 0 Å².